The van der Waals surface area contributed by atoms with E-state index in [0.717, 1.165) is 0 Å². The average molecular weight is 172 g/mol. The molecule has 3 nitrogen and oxygen atoms in total. The van der Waals surface area contributed by atoms with Crippen molar-refractivity contribution < 1.29 is 4.79 Å². The van der Waals surface area contributed by atoms with E-state index in [9.17, 15) is 4.79 Å². The Kier molecular flexibility index (Phi) is 3.42. The van der Waals surface area contributed by atoms with E-state index in [4.69, 9.17) is 11.5 Å². The van der Waals surface area contributed by atoms with Gasteiger partial charge in [-0.2, -0.15) is 0 Å². The van der Waals surface area contributed by atoms with Gasteiger partial charge >= 0.3 is 0 Å². The van der Waals surface area contributed by atoms with E-state index < -0.39 is 11.1 Å². The predicted molar refractivity (Wildman–Crippen MR) is 50.8 cm³/mol. The standard InChI is InChI=1S/C9H20N2O/c1-8(2,10)5-7(12)6-9(3,4)11/h5-6,10-11H2,1-4H3. The summed E-state index contributed by atoms with van der Waals surface area (Å²) in [5.41, 5.74) is 10.6. The van der Waals surface area contributed by atoms with E-state index in [2.05, 4.69) is 0 Å². The van der Waals surface area contributed by atoms with E-state index in [1.165, 1.54) is 0 Å². The summed E-state index contributed by atoms with van der Waals surface area (Å²) in [6.07, 6.45) is 0.793. The molecule has 0 radical (unpaired) electrons. The number of ketones is 1. The highest BCUT2D eigenvalue weighted by Crippen LogP contribution is 2.11. The van der Waals surface area contributed by atoms with Crippen LogP contribution in [-0.2, 0) is 4.79 Å². The highest BCUT2D eigenvalue weighted by atomic mass is 16.1. The van der Waals surface area contributed by atoms with Gasteiger partial charge in [0.05, 0.1) is 0 Å². The Morgan fingerprint density at radius 2 is 1.25 bits per heavy atom. The highest BCUT2D eigenvalue weighted by molar-refractivity contribution is 5.80. The molecule has 0 fully saturated rings. The van der Waals surface area contributed by atoms with E-state index in [1.807, 2.05) is 27.7 Å². The second-order valence-electron chi connectivity index (χ2n) is 4.87. The summed E-state index contributed by atoms with van der Waals surface area (Å²) in [5, 5.41) is 0. The quantitative estimate of drug-likeness (QED) is 0.659. The average Bonchev–Trinajstić information content (AvgIpc) is 1.49. The molecular weight excluding hydrogens is 152 g/mol. The largest absolute Gasteiger partial charge is 0.325 e. The topological polar surface area (TPSA) is 69.1 Å². The van der Waals surface area contributed by atoms with Gasteiger partial charge in [-0.1, -0.05) is 0 Å². The molecule has 3 heteroatoms. The van der Waals surface area contributed by atoms with Crippen molar-refractivity contribution in [3.63, 3.8) is 0 Å². The summed E-state index contributed by atoms with van der Waals surface area (Å²) >= 11 is 0. The van der Waals surface area contributed by atoms with Crippen molar-refractivity contribution in [1.29, 1.82) is 0 Å². The Labute approximate surface area is 74.5 Å². The third kappa shape index (κ3) is 7.69. The lowest BCUT2D eigenvalue weighted by Crippen LogP contribution is -2.39. The van der Waals surface area contributed by atoms with Crippen LogP contribution >= 0.6 is 0 Å². The molecule has 0 aromatic rings. The van der Waals surface area contributed by atoms with Gasteiger partial charge in [-0.05, 0) is 27.7 Å². The Balaban J connectivity index is 3.92. The van der Waals surface area contributed by atoms with Crippen molar-refractivity contribution in [2.45, 2.75) is 51.6 Å². The number of Topliss-reactive ketones (excluding diaryl/α,β-unsaturated/α-hetero) is 1. The summed E-state index contributed by atoms with van der Waals surface area (Å²) in [4.78, 5) is 11.3. The minimum absolute atomic E-state index is 0.134. The van der Waals surface area contributed by atoms with Crippen LogP contribution in [0.3, 0.4) is 0 Å². The number of rotatable bonds is 4. The van der Waals surface area contributed by atoms with Gasteiger partial charge in [0.2, 0.25) is 0 Å². The van der Waals surface area contributed by atoms with Gasteiger partial charge < -0.3 is 11.5 Å². The third-order valence-electron chi connectivity index (χ3n) is 1.31. The van der Waals surface area contributed by atoms with Crippen molar-refractivity contribution in [3.05, 3.63) is 0 Å². The van der Waals surface area contributed by atoms with Crippen LogP contribution in [0.4, 0.5) is 0 Å². The fraction of sp³-hybridized carbons (Fsp3) is 0.889. The fourth-order valence-electron chi connectivity index (χ4n) is 1.08. The lowest BCUT2D eigenvalue weighted by molar-refractivity contribution is -0.120. The molecule has 0 unspecified atom stereocenters. The smallest absolute Gasteiger partial charge is 0.136 e. The predicted octanol–water partition coefficient (Wildman–Crippen LogP) is 0.810. The Morgan fingerprint density at radius 3 is 1.42 bits per heavy atom. The maximum absolute atomic E-state index is 11.3. The summed E-state index contributed by atoms with van der Waals surface area (Å²) in [5.74, 6) is 0.134. The van der Waals surface area contributed by atoms with Gasteiger partial charge in [0.25, 0.3) is 0 Å². The minimum Gasteiger partial charge on any atom is -0.325 e. The molecule has 0 aliphatic heterocycles. The molecule has 0 amide bonds. The van der Waals surface area contributed by atoms with E-state index in [0.29, 0.717) is 12.8 Å². The van der Waals surface area contributed by atoms with E-state index in [1.54, 1.807) is 0 Å². The molecule has 0 bridgehead atoms. The Morgan fingerprint density at radius 1 is 1.00 bits per heavy atom. The fourth-order valence-corrected chi connectivity index (χ4v) is 1.08. The monoisotopic (exact) mass is 172 g/mol. The third-order valence-corrected chi connectivity index (χ3v) is 1.31. The van der Waals surface area contributed by atoms with E-state index >= 15 is 0 Å². The second-order valence-corrected chi connectivity index (χ2v) is 4.87. The molecule has 4 N–H and O–H groups in total. The Bertz CT molecular complexity index is 144. The first-order chi connectivity index (χ1) is 5.10. The molecule has 0 aliphatic carbocycles. The van der Waals surface area contributed by atoms with Gasteiger partial charge in [-0.15, -0.1) is 0 Å². The lowest BCUT2D eigenvalue weighted by Gasteiger charge is -2.21. The first kappa shape index (κ1) is 11.6. The van der Waals surface area contributed by atoms with Crippen molar-refractivity contribution in [2.24, 2.45) is 11.5 Å². The van der Waals surface area contributed by atoms with Gasteiger partial charge in [-0.3, -0.25) is 4.79 Å². The molecule has 0 rings (SSSR count). The molecule has 0 aromatic carbocycles. The number of hydrogen-bond acceptors (Lipinski definition) is 3. The van der Waals surface area contributed by atoms with Crippen LogP contribution in [0, 0.1) is 0 Å². The van der Waals surface area contributed by atoms with Gasteiger partial charge in [0.1, 0.15) is 5.78 Å². The minimum atomic E-state index is -0.414. The molecular formula is C9H20N2O. The zero-order valence-corrected chi connectivity index (χ0v) is 8.48. The van der Waals surface area contributed by atoms with Crippen LogP contribution in [0.5, 0.6) is 0 Å². The molecule has 12 heavy (non-hydrogen) atoms. The lowest BCUT2D eigenvalue weighted by atomic mass is 9.91. The molecule has 0 saturated heterocycles. The van der Waals surface area contributed by atoms with Crippen molar-refractivity contribution in [1.82, 2.24) is 0 Å². The van der Waals surface area contributed by atoms with Crippen LogP contribution in [0.1, 0.15) is 40.5 Å². The van der Waals surface area contributed by atoms with E-state index in [-0.39, 0.29) is 5.78 Å². The highest BCUT2D eigenvalue weighted by Gasteiger charge is 2.21. The van der Waals surface area contributed by atoms with Crippen LogP contribution in [0.25, 0.3) is 0 Å². The first-order valence-corrected chi connectivity index (χ1v) is 4.20. The van der Waals surface area contributed by atoms with Crippen molar-refractivity contribution in [2.75, 3.05) is 0 Å². The Hall–Kier alpha value is -0.410. The molecule has 0 saturated carbocycles. The zero-order valence-electron chi connectivity index (χ0n) is 8.48. The summed E-state index contributed by atoms with van der Waals surface area (Å²) in [6, 6.07) is 0. The summed E-state index contributed by atoms with van der Waals surface area (Å²) < 4.78 is 0. The van der Waals surface area contributed by atoms with Crippen LogP contribution in [0.2, 0.25) is 0 Å². The van der Waals surface area contributed by atoms with Gasteiger partial charge in [0.15, 0.2) is 0 Å². The van der Waals surface area contributed by atoms with Crippen LogP contribution < -0.4 is 11.5 Å². The molecule has 0 heterocycles. The molecule has 0 aromatic heterocycles. The van der Waals surface area contributed by atoms with Gasteiger partial charge in [0, 0.05) is 23.9 Å². The number of carbonyl (C=O) groups excluding carboxylic acids is 1. The van der Waals surface area contributed by atoms with Crippen molar-refractivity contribution >= 4 is 5.78 Å². The zero-order chi connectivity index (χ0) is 9.99. The first-order valence-electron chi connectivity index (χ1n) is 4.20. The molecule has 72 valence electrons. The maximum atomic E-state index is 11.3. The van der Waals surface area contributed by atoms with Crippen LogP contribution in [0.15, 0.2) is 0 Å². The number of hydrogen-bond donors (Lipinski definition) is 2. The second kappa shape index (κ2) is 3.54. The molecule has 0 spiro atoms. The maximum Gasteiger partial charge on any atom is 0.136 e. The van der Waals surface area contributed by atoms with Crippen LogP contribution in [-0.4, -0.2) is 16.9 Å². The normalized spacial score (nSPS) is 13.2. The number of carbonyl (C=O) groups is 1. The summed E-state index contributed by atoms with van der Waals surface area (Å²) in [6.45, 7) is 7.37. The molecule has 0 aliphatic rings. The van der Waals surface area contributed by atoms with Gasteiger partial charge in [-0.25, -0.2) is 0 Å². The SMILES string of the molecule is CC(C)(N)CC(=O)CC(C)(C)N. The number of nitrogens with two attached hydrogens (primary N) is 2. The summed E-state index contributed by atoms with van der Waals surface area (Å²) in [7, 11) is 0. The van der Waals surface area contributed by atoms with Crippen molar-refractivity contribution in [3.8, 4) is 0 Å². The molecule has 0 atom stereocenters.